The van der Waals surface area contributed by atoms with E-state index in [4.69, 9.17) is 10.5 Å². The Hall–Kier alpha value is -0.810. The number of likely N-dealkylation sites (tertiary alicyclic amines) is 1. The van der Waals surface area contributed by atoms with Crippen molar-refractivity contribution >= 4 is 5.96 Å². The average Bonchev–Trinajstić information content (AvgIpc) is 2.87. The Balaban J connectivity index is 2.46. The van der Waals surface area contributed by atoms with E-state index in [1.54, 1.807) is 7.11 Å². The molecule has 0 radical (unpaired) electrons. The number of rotatable bonds is 8. The average molecular weight is 284 g/mol. The van der Waals surface area contributed by atoms with E-state index < -0.39 is 0 Å². The zero-order valence-corrected chi connectivity index (χ0v) is 13.6. The summed E-state index contributed by atoms with van der Waals surface area (Å²) in [5.74, 6) is 1.22. The molecule has 0 saturated carbocycles. The summed E-state index contributed by atoms with van der Waals surface area (Å²) < 4.78 is 5.08. The summed E-state index contributed by atoms with van der Waals surface area (Å²) in [5.41, 5.74) is 5.95. The molecule has 0 spiro atoms. The van der Waals surface area contributed by atoms with E-state index in [9.17, 15) is 0 Å². The van der Waals surface area contributed by atoms with Crippen LogP contribution in [0.25, 0.3) is 0 Å². The van der Waals surface area contributed by atoms with Crippen LogP contribution in [0.3, 0.4) is 0 Å². The Kier molecular flexibility index (Phi) is 7.92. The van der Waals surface area contributed by atoms with Crippen molar-refractivity contribution < 1.29 is 4.74 Å². The number of nitrogens with two attached hydrogens (primary N) is 1. The first-order valence-electron chi connectivity index (χ1n) is 7.82. The van der Waals surface area contributed by atoms with Crippen LogP contribution in [0.5, 0.6) is 0 Å². The zero-order chi connectivity index (χ0) is 15.0. The zero-order valence-electron chi connectivity index (χ0n) is 13.6. The fourth-order valence-corrected chi connectivity index (χ4v) is 2.78. The molecule has 1 aliphatic rings. The lowest BCUT2D eigenvalue weighted by atomic mass is 10.0. The highest BCUT2D eigenvalue weighted by Gasteiger charge is 2.22. The Morgan fingerprint density at radius 2 is 1.95 bits per heavy atom. The molecule has 0 amide bonds. The van der Waals surface area contributed by atoms with Crippen LogP contribution in [0.4, 0.5) is 0 Å². The van der Waals surface area contributed by atoms with Gasteiger partial charge in [0.25, 0.3) is 0 Å². The molecule has 1 rings (SSSR count). The molecule has 0 aliphatic carbocycles. The van der Waals surface area contributed by atoms with Crippen molar-refractivity contribution in [1.29, 1.82) is 0 Å². The van der Waals surface area contributed by atoms with Crippen LogP contribution < -0.4 is 11.1 Å². The number of hydrogen-bond acceptors (Lipinski definition) is 3. The SMILES string of the molecule is COCC(C)NC(N)=NCC(CC(C)C)N1CCCC1. The van der Waals surface area contributed by atoms with Gasteiger partial charge < -0.3 is 15.8 Å². The summed E-state index contributed by atoms with van der Waals surface area (Å²) in [4.78, 5) is 7.10. The predicted octanol–water partition coefficient (Wildman–Crippen LogP) is 1.44. The highest BCUT2D eigenvalue weighted by atomic mass is 16.5. The van der Waals surface area contributed by atoms with Crippen LogP contribution in [0, 0.1) is 5.92 Å². The molecule has 5 nitrogen and oxygen atoms in total. The van der Waals surface area contributed by atoms with Gasteiger partial charge in [-0.1, -0.05) is 13.8 Å². The number of aliphatic imine (C=N–C) groups is 1. The van der Waals surface area contributed by atoms with Gasteiger partial charge in [0, 0.05) is 19.2 Å². The highest BCUT2D eigenvalue weighted by molar-refractivity contribution is 5.78. The molecule has 3 N–H and O–H groups in total. The van der Waals surface area contributed by atoms with E-state index in [1.807, 2.05) is 6.92 Å². The maximum Gasteiger partial charge on any atom is 0.188 e. The number of nitrogens with one attached hydrogen (secondary N) is 1. The maximum atomic E-state index is 5.95. The first-order chi connectivity index (χ1) is 9.52. The van der Waals surface area contributed by atoms with Crippen molar-refractivity contribution in [3.63, 3.8) is 0 Å². The van der Waals surface area contributed by atoms with E-state index in [2.05, 4.69) is 29.1 Å². The van der Waals surface area contributed by atoms with Crippen molar-refractivity contribution in [2.24, 2.45) is 16.6 Å². The molecule has 1 aliphatic heterocycles. The minimum absolute atomic E-state index is 0.194. The number of nitrogens with zero attached hydrogens (tertiary/aromatic N) is 2. The lowest BCUT2D eigenvalue weighted by molar-refractivity contribution is 0.179. The van der Waals surface area contributed by atoms with Gasteiger partial charge >= 0.3 is 0 Å². The van der Waals surface area contributed by atoms with Crippen molar-refractivity contribution in [2.75, 3.05) is 33.4 Å². The summed E-state index contributed by atoms with van der Waals surface area (Å²) in [5, 5.41) is 3.16. The molecule has 2 atom stereocenters. The Morgan fingerprint density at radius 1 is 1.30 bits per heavy atom. The van der Waals surface area contributed by atoms with Gasteiger partial charge in [0.05, 0.1) is 13.2 Å². The van der Waals surface area contributed by atoms with Crippen molar-refractivity contribution in [3.05, 3.63) is 0 Å². The van der Waals surface area contributed by atoms with Crippen LogP contribution in [0.2, 0.25) is 0 Å². The molecular formula is C15H32N4O. The molecule has 1 heterocycles. The summed E-state index contributed by atoms with van der Waals surface area (Å²) in [7, 11) is 1.69. The van der Waals surface area contributed by atoms with Gasteiger partial charge in [0.1, 0.15) is 0 Å². The Bertz CT molecular complexity index is 288. The molecule has 1 fully saturated rings. The fraction of sp³-hybridized carbons (Fsp3) is 0.933. The second-order valence-corrected chi connectivity index (χ2v) is 6.25. The van der Waals surface area contributed by atoms with Gasteiger partial charge in [-0.15, -0.1) is 0 Å². The van der Waals surface area contributed by atoms with E-state index in [1.165, 1.54) is 32.4 Å². The predicted molar refractivity (Wildman–Crippen MR) is 85.0 cm³/mol. The number of guanidine groups is 1. The molecular weight excluding hydrogens is 252 g/mol. The summed E-state index contributed by atoms with van der Waals surface area (Å²) in [6.07, 6.45) is 3.82. The normalized spacial score (nSPS) is 20.4. The van der Waals surface area contributed by atoms with Crippen LogP contribution in [0.15, 0.2) is 4.99 Å². The second kappa shape index (κ2) is 9.19. The summed E-state index contributed by atoms with van der Waals surface area (Å²) >= 11 is 0. The number of hydrogen-bond donors (Lipinski definition) is 2. The molecule has 20 heavy (non-hydrogen) atoms. The first kappa shape index (κ1) is 17.2. The van der Waals surface area contributed by atoms with Gasteiger partial charge in [-0.25, -0.2) is 0 Å². The maximum absolute atomic E-state index is 5.95. The van der Waals surface area contributed by atoms with Crippen LogP contribution in [-0.2, 0) is 4.74 Å². The van der Waals surface area contributed by atoms with Crippen molar-refractivity contribution in [2.45, 2.75) is 52.1 Å². The third kappa shape index (κ3) is 6.57. The van der Waals surface area contributed by atoms with E-state index >= 15 is 0 Å². The molecule has 0 aromatic heterocycles. The molecule has 0 aromatic rings. The highest BCUT2D eigenvalue weighted by Crippen LogP contribution is 2.17. The topological polar surface area (TPSA) is 62.9 Å². The van der Waals surface area contributed by atoms with E-state index in [-0.39, 0.29) is 6.04 Å². The molecule has 0 aromatic carbocycles. The Morgan fingerprint density at radius 3 is 2.50 bits per heavy atom. The molecule has 0 bridgehead atoms. The van der Waals surface area contributed by atoms with Crippen LogP contribution >= 0.6 is 0 Å². The van der Waals surface area contributed by atoms with Gasteiger partial charge in [-0.05, 0) is 45.2 Å². The lowest BCUT2D eigenvalue weighted by Gasteiger charge is -2.27. The number of methoxy groups -OCH3 is 1. The quantitative estimate of drug-likeness (QED) is 0.523. The molecule has 5 heteroatoms. The third-order valence-corrected chi connectivity index (χ3v) is 3.68. The second-order valence-electron chi connectivity index (χ2n) is 6.25. The summed E-state index contributed by atoms with van der Waals surface area (Å²) in [6, 6.07) is 0.717. The van der Waals surface area contributed by atoms with Gasteiger partial charge in [0.15, 0.2) is 5.96 Å². The van der Waals surface area contributed by atoms with Crippen molar-refractivity contribution in [1.82, 2.24) is 10.2 Å². The minimum Gasteiger partial charge on any atom is -0.383 e. The van der Waals surface area contributed by atoms with E-state index in [0.717, 1.165) is 6.54 Å². The Labute approximate surface area is 124 Å². The fourth-order valence-electron chi connectivity index (χ4n) is 2.78. The standard InChI is InChI=1S/C15H32N4O/c1-12(2)9-14(19-7-5-6-8-19)10-17-15(16)18-13(3)11-20-4/h12-14H,5-11H2,1-4H3,(H3,16,17,18). The molecule has 1 saturated heterocycles. The molecule has 118 valence electrons. The van der Waals surface area contributed by atoms with Crippen molar-refractivity contribution in [3.8, 4) is 0 Å². The van der Waals surface area contributed by atoms with Crippen LogP contribution in [-0.4, -0.2) is 56.3 Å². The smallest absolute Gasteiger partial charge is 0.188 e. The monoisotopic (exact) mass is 284 g/mol. The number of ether oxygens (including phenoxy) is 1. The summed E-state index contributed by atoms with van der Waals surface area (Å²) in [6.45, 7) is 10.4. The van der Waals surface area contributed by atoms with Crippen LogP contribution in [0.1, 0.15) is 40.0 Å². The van der Waals surface area contributed by atoms with Gasteiger partial charge in [-0.2, -0.15) is 0 Å². The van der Waals surface area contributed by atoms with Gasteiger partial charge in [0.2, 0.25) is 0 Å². The van der Waals surface area contributed by atoms with E-state index in [0.29, 0.717) is 24.5 Å². The van der Waals surface area contributed by atoms with Gasteiger partial charge in [-0.3, -0.25) is 9.89 Å². The lowest BCUT2D eigenvalue weighted by Crippen LogP contribution is -2.42. The minimum atomic E-state index is 0.194. The third-order valence-electron chi connectivity index (χ3n) is 3.68. The largest absolute Gasteiger partial charge is 0.383 e. The first-order valence-corrected chi connectivity index (χ1v) is 7.82. The molecule has 2 unspecified atom stereocenters.